The maximum absolute atomic E-state index is 5.02. The lowest BCUT2D eigenvalue weighted by atomic mass is 10.2. The smallest absolute Gasteiger partial charge is 0.325 e. The molecule has 0 fully saturated rings. The van der Waals surface area contributed by atoms with E-state index in [1.165, 1.54) is 0 Å². The molecule has 14 heavy (non-hydrogen) atoms. The van der Waals surface area contributed by atoms with E-state index in [1.807, 2.05) is 30.3 Å². The lowest BCUT2D eigenvalue weighted by Crippen LogP contribution is -1.82. The molecule has 0 aliphatic carbocycles. The third-order valence-electron chi connectivity index (χ3n) is 1.84. The highest BCUT2D eigenvalue weighted by molar-refractivity contribution is 14.1. The number of rotatable bonds is 2. The molecule has 0 unspecified atom stereocenters. The lowest BCUT2D eigenvalue weighted by Gasteiger charge is -1.95. The molecule has 0 N–H and O–H groups in total. The van der Waals surface area contributed by atoms with Crippen LogP contribution in [0.4, 0.5) is 0 Å². The zero-order chi connectivity index (χ0) is 9.97. The average Bonchev–Trinajstić information content (AvgIpc) is 2.61. The Kier molecular flexibility index (Phi) is 2.72. The van der Waals surface area contributed by atoms with Gasteiger partial charge >= 0.3 is 5.95 Å². The first-order valence-electron chi connectivity index (χ1n) is 4.07. The molecule has 0 aliphatic heterocycles. The van der Waals surface area contributed by atoms with E-state index in [2.05, 4.69) is 27.7 Å². The van der Waals surface area contributed by atoms with E-state index in [4.69, 9.17) is 9.26 Å². The molecule has 0 radical (unpaired) electrons. The molecular weight excluding hydrogens is 293 g/mol. The Morgan fingerprint density at radius 3 is 2.57 bits per heavy atom. The molecule has 4 heteroatoms. The average molecular weight is 301 g/mol. The Hall–Kier alpha value is -1.04. The van der Waals surface area contributed by atoms with Crippen molar-refractivity contribution >= 4 is 22.6 Å². The minimum absolute atomic E-state index is 0.462. The van der Waals surface area contributed by atoms with Crippen molar-refractivity contribution in [3.05, 3.63) is 33.9 Å². The number of hydrogen-bond donors (Lipinski definition) is 0. The summed E-state index contributed by atoms with van der Waals surface area (Å²) in [4.78, 5) is 0. The first-order chi connectivity index (χ1) is 6.83. The normalized spacial score (nSPS) is 10.1. The van der Waals surface area contributed by atoms with Gasteiger partial charge in [-0.2, -0.15) is 0 Å². The third kappa shape index (κ3) is 1.61. The van der Waals surface area contributed by atoms with Gasteiger partial charge in [0.1, 0.15) is 9.26 Å². The molecule has 1 aromatic carbocycles. The maximum Gasteiger partial charge on any atom is 0.325 e. The number of aromatic nitrogens is 1. The SMILES string of the molecule is COc1onc(-c2ccccc2)c1I. The van der Waals surface area contributed by atoms with Crippen molar-refractivity contribution in [3.63, 3.8) is 0 Å². The lowest BCUT2D eigenvalue weighted by molar-refractivity contribution is 0.259. The fraction of sp³-hybridized carbons (Fsp3) is 0.100. The number of halogens is 1. The van der Waals surface area contributed by atoms with Gasteiger partial charge in [-0.15, -0.1) is 0 Å². The number of hydrogen-bond acceptors (Lipinski definition) is 3. The van der Waals surface area contributed by atoms with Crippen LogP contribution in [0.25, 0.3) is 11.3 Å². The summed E-state index contributed by atoms with van der Waals surface area (Å²) in [6.07, 6.45) is 0. The van der Waals surface area contributed by atoms with Crippen LogP contribution >= 0.6 is 22.6 Å². The number of ether oxygens (including phenoxy) is 1. The predicted molar refractivity (Wildman–Crippen MR) is 61.2 cm³/mol. The predicted octanol–water partition coefficient (Wildman–Crippen LogP) is 2.95. The summed E-state index contributed by atoms with van der Waals surface area (Å²) >= 11 is 2.16. The highest BCUT2D eigenvalue weighted by atomic mass is 127. The van der Waals surface area contributed by atoms with Gasteiger partial charge in [0.25, 0.3) is 0 Å². The van der Waals surface area contributed by atoms with Crippen LogP contribution in [-0.2, 0) is 0 Å². The summed E-state index contributed by atoms with van der Waals surface area (Å²) in [5, 5.41) is 3.95. The van der Waals surface area contributed by atoms with Crippen LogP contribution in [0.5, 0.6) is 5.95 Å². The van der Waals surface area contributed by atoms with Gasteiger partial charge in [-0.3, -0.25) is 0 Å². The van der Waals surface area contributed by atoms with Crippen molar-refractivity contribution in [3.8, 4) is 17.2 Å². The van der Waals surface area contributed by atoms with E-state index < -0.39 is 0 Å². The van der Waals surface area contributed by atoms with Crippen molar-refractivity contribution in [2.75, 3.05) is 7.11 Å². The number of methoxy groups -OCH3 is 1. The van der Waals surface area contributed by atoms with Crippen LogP contribution in [0, 0.1) is 3.57 Å². The van der Waals surface area contributed by atoms with Gasteiger partial charge in [0, 0.05) is 5.56 Å². The monoisotopic (exact) mass is 301 g/mol. The third-order valence-corrected chi connectivity index (χ3v) is 2.79. The Morgan fingerprint density at radius 1 is 1.29 bits per heavy atom. The van der Waals surface area contributed by atoms with Crippen LogP contribution in [0.15, 0.2) is 34.9 Å². The van der Waals surface area contributed by atoms with Gasteiger partial charge in [0.15, 0.2) is 0 Å². The van der Waals surface area contributed by atoms with Gasteiger partial charge in [0.2, 0.25) is 0 Å². The molecule has 3 nitrogen and oxygen atoms in total. The van der Waals surface area contributed by atoms with E-state index in [-0.39, 0.29) is 0 Å². The van der Waals surface area contributed by atoms with Crippen LogP contribution in [-0.4, -0.2) is 12.3 Å². The highest BCUT2D eigenvalue weighted by Gasteiger charge is 2.14. The van der Waals surface area contributed by atoms with Crippen molar-refractivity contribution in [1.29, 1.82) is 0 Å². The van der Waals surface area contributed by atoms with E-state index in [1.54, 1.807) is 7.11 Å². The maximum atomic E-state index is 5.02. The first-order valence-corrected chi connectivity index (χ1v) is 5.15. The molecule has 0 saturated carbocycles. The summed E-state index contributed by atoms with van der Waals surface area (Å²) in [6.45, 7) is 0. The van der Waals surface area contributed by atoms with Gasteiger partial charge in [-0.05, 0) is 22.6 Å². The van der Waals surface area contributed by atoms with Gasteiger partial charge < -0.3 is 9.26 Å². The zero-order valence-electron chi connectivity index (χ0n) is 7.53. The molecule has 0 amide bonds. The molecule has 2 rings (SSSR count). The van der Waals surface area contributed by atoms with E-state index in [9.17, 15) is 0 Å². The topological polar surface area (TPSA) is 35.3 Å². The summed E-state index contributed by atoms with van der Waals surface area (Å²) in [7, 11) is 1.57. The Morgan fingerprint density at radius 2 is 2.00 bits per heavy atom. The van der Waals surface area contributed by atoms with Crippen molar-refractivity contribution in [1.82, 2.24) is 5.16 Å². The summed E-state index contributed by atoms with van der Waals surface area (Å²) < 4.78 is 10.9. The highest BCUT2D eigenvalue weighted by Crippen LogP contribution is 2.30. The van der Waals surface area contributed by atoms with Crippen LogP contribution in [0.3, 0.4) is 0 Å². The largest absolute Gasteiger partial charge is 0.466 e. The summed E-state index contributed by atoms with van der Waals surface area (Å²) in [6, 6.07) is 9.87. The Balaban J connectivity index is 2.48. The number of nitrogens with zero attached hydrogens (tertiary/aromatic N) is 1. The minimum atomic E-state index is 0.462. The molecule has 0 bridgehead atoms. The van der Waals surface area contributed by atoms with Crippen molar-refractivity contribution in [2.45, 2.75) is 0 Å². The quantitative estimate of drug-likeness (QED) is 0.800. The fourth-order valence-corrected chi connectivity index (χ4v) is 1.89. The Labute approximate surface area is 95.2 Å². The van der Waals surface area contributed by atoms with Crippen molar-refractivity contribution < 1.29 is 9.26 Å². The minimum Gasteiger partial charge on any atom is -0.466 e. The van der Waals surface area contributed by atoms with Crippen LogP contribution < -0.4 is 4.74 Å². The number of benzene rings is 1. The molecular formula is C10H8INO2. The van der Waals surface area contributed by atoms with Crippen molar-refractivity contribution in [2.24, 2.45) is 0 Å². The van der Waals surface area contributed by atoms with E-state index >= 15 is 0 Å². The second-order valence-corrected chi connectivity index (χ2v) is 3.78. The molecule has 0 atom stereocenters. The molecule has 72 valence electrons. The van der Waals surface area contributed by atoms with Crippen LogP contribution in [0.2, 0.25) is 0 Å². The van der Waals surface area contributed by atoms with Gasteiger partial charge in [-0.25, -0.2) is 0 Å². The van der Waals surface area contributed by atoms with Crippen LogP contribution in [0.1, 0.15) is 0 Å². The molecule has 1 heterocycles. The molecule has 0 spiro atoms. The van der Waals surface area contributed by atoms with E-state index in [0.717, 1.165) is 14.8 Å². The Bertz CT molecular complexity index is 425. The second kappa shape index (κ2) is 4.00. The standard InChI is InChI=1S/C10H8INO2/c1-13-10-8(11)9(12-14-10)7-5-3-2-4-6-7/h2-6H,1H3. The summed E-state index contributed by atoms with van der Waals surface area (Å²) in [5.41, 5.74) is 1.85. The fourth-order valence-electron chi connectivity index (χ4n) is 1.17. The molecule has 2 aromatic rings. The molecule has 1 aromatic heterocycles. The zero-order valence-corrected chi connectivity index (χ0v) is 9.69. The second-order valence-electron chi connectivity index (χ2n) is 2.70. The summed E-state index contributed by atoms with van der Waals surface area (Å²) in [5.74, 6) is 0.462. The van der Waals surface area contributed by atoms with Gasteiger partial charge in [-0.1, -0.05) is 35.5 Å². The molecule has 0 aliphatic rings. The van der Waals surface area contributed by atoms with E-state index in [0.29, 0.717) is 5.95 Å². The van der Waals surface area contributed by atoms with Gasteiger partial charge in [0.05, 0.1) is 7.11 Å². The first kappa shape index (κ1) is 9.51. The molecule has 0 saturated heterocycles.